The van der Waals surface area contributed by atoms with Gasteiger partial charge in [-0.3, -0.25) is 0 Å². The smallest absolute Gasteiger partial charge is 0.0622 e. The summed E-state index contributed by atoms with van der Waals surface area (Å²) in [6.45, 7) is 19.1. The number of rotatable bonds is 11. The molecule has 0 radical (unpaired) electrons. The Kier molecular flexibility index (Phi) is 11.4. The van der Waals surface area contributed by atoms with E-state index in [1.807, 2.05) is 25.1 Å². The number of ether oxygens (including phenoxy) is 3. The first-order chi connectivity index (χ1) is 16.4. The molecule has 0 spiro atoms. The summed E-state index contributed by atoms with van der Waals surface area (Å²) in [4.78, 5) is 0. The zero-order chi connectivity index (χ0) is 26.1. The summed E-state index contributed by atoms with van der Waals surface area (Å²) in [7, 11) is -1.89. The molecule has 0 saturated heterocycles. The first-order valence-electron chi connectivity index (χ1n) is 12.1. The number of hydrogen-bond acceptors (Lipinski definition) is 4. The van der Waals surface area contributed by atoms with Crippen LogP contribution in [0.4, 0.5) is 0 Å². The molecular weight excluding hydrogens is 492 g/mol. The summed E-state index contributed by atoms with van der Waals surface area (Å²) in [6, 6.07) is 14.3. The van der Waals surface area contributed by atoms with Gasteiger partial charge in [0.15, 0.2) is 0 Å². The summed E-state index contributed by atoms with van der Waals surface area (Å²) in [5, 5.41) is 0.152. The molecule has 0 aromatic heterocycles. The quantitative estimate of drug-likeness (QED) is 0.142. The Morgan fingerprint density at radius 2 is 1.66 bits per heavy atom. The fourth-order valence-corrected chi connectivity index (χ4v) is 4.79. The summed E-state index contributed by atoms with van der Waals surface area (Å²) in [6.07, 6.45) is 0. The predicted molar refractivity (Wildman–Crippen MR) is 143 cm³/mol. The fourth-order valence-electron chi connectivity index (χ4n) is 3.20. The Morgan fingerprint density at radius 1 is 1.03 bits per heavy atom. The van der Waals surface area contributed by atoms with Crippen molar-refractivity contribution in [3.8, 4) is 17.6 Å². The van der Waals surface area contributed by atoms with Crippen molar-refractivity contribution in [3.63, 3.8) is 0 Å². The molecule has 0 saturated carbocycles. The Hall–Kier alpha value is -1.70. The number of aryl methyl sites for hydroxylation is 2. The van der Waals surface area contributed by atoms with Crippen molar-refractivity contribution in [3.05, 3.63) is 64.7 Å². The van der Waals surface area contributed by atoms with Crippen LogP contribution in [0.3, 0.4) is 0 Å². The maximum atomic E-state index is 6.48. The molecule has 0 heterocycles. The van der Waals surface area contributed by atoms with Crippen molar-refractivity contribution in [2.24, 2.45) is 5.92 Å². The average Bonchev–Trinajstić information content (AvgIpc) is 2.75. The molecule has 0 aliphatic rings. The Morgan fingerprint density at radius 3 is 2.26 bits per heavy atom. The second-order valence-corrected chi connectivity index (χ2v) is 15.7. The molecule has 2 rings (SSSR count). The molecule has 4 nitrogen and oxygen atoms in total. The SMILES string of the molecule is Cc1cc(O[Si](C)(C)C(C)(C)C)cc(C)c1[C](=[Cr])OCOCC#CC(C)COCc1ccccc1. The predicted octanol–water partition coefficient (Wildman–Crippen LogP) is 6.56. The third-order valence-electron chi connectivity index (χ3n) is 6.16. The molecule has 0 aliphatic heterocycles. The summed E-state index contributed by atoms with van der Waals surface area (Å²) < 4.78 is 24.3. The van der Waals surface area contributed by atoms with Crippen LogP contribution in [0, 0.1) is 31.6 Å². The van der Waals surface area contributed by atoms with Gasteiger partial charge in [0.2, 0.25) is 0 Å². The van der Waals surface area contributed by atoms with Gasteiger partial charge in [-0.2, -0.15) is 0 Å². The molecule has 190 valence electrons. The normalized spacial score (nSPS) is 12.6. The van der Waals surface area contributed by atoms with E-state index in [1.165, 1.54) is 5.56 Å². The van der Waals surface area contributed by atoms with Gasteiger partial charge in [0.05, 0.1) is 0 Å². The molecular formula is C29H40CrO4Si. The van der Waals surface area contributed by atoms with E-state index >= 15 is 0 Å². The van der Waals surface area contributed by atoms with Gasteiger partial charge < -0.3 is 0 Å². The molecule has 0 aliphatic carbocycles. The molecule has 0 bridgehead atoms. The van der Waals surface area contributed by atoms with Crippen LogP contribution in [0.15, 0.2) is 42.5 Å². The van der Waals surface area contributed by atoms with Crippen LogP contribution in [0.1, 0.15) is 49.9 Å². The Labute approximate surface area is 221 Å². The fraction of sp³-hybridized carbons (Fsp3) is 0.483. The summed E-state index contributed by atoms with van der Waals surface area (Å²) >= 11 is 3.04. The molecule has 0 N–H and O–H groups in total. The van der Waals surface area contributed by atoms with Gasteiger partial charge in [-0.25, -0.2) is 0 Å². The second kappa shape index (κ2) is 13.6. The van der Waals surface area contributed by atoms with Crippen LogP contribution in [0.5, 0.6) is 5.75 Å². The second-order valence-electron chi connectivity index (χ2n) is 10.4. The molecule has 2 aromatic carbocycles. The van der Waals surface area contributed by atoms with Crippen molar-refractivity contribution in [2.45, 2.75) is 66.3 Å². The van der Waals surface area contributed by atoms with E-state index in [9.17, 15) is 0 Å². The van der Waals surface area contributed by atoms with Crippen molar-refractivity contribution in [1.82, 2.24) is 0 Å². The molecule has 35 heavy (non-hydrogen) atoms. The van der Waals surface area contributed by atoms with Gasteiger partial charge in [0.1, 0.15) is 0 Å². The third-order valence-corrected chi connectivity index (χ3v) is 11.0. The van der Waals surface area contributed by atoms with Crippen LogP contribution in [-0.4, -0.2) is 32.9 Å². The van der Waals surface area contributed by atoms with Gasteiger partial charge in [0.25, 0.3) is 0 Å². The molecule has 6 heteroatoms. The minimum Gasteiger partial charge on any atom is -0.0622 e. The minimum absolute atomic E-state index is 0.136. The zero-order valence-electron chi connectivity index (χ0n) is 22.5. The monoisotopic (exact) mass is 532 g/mol. The maximum absolute atomic E-state index is 6.48. The van der Waals surface area contributed by atoms with Crippen molar-refractivity contribution in [1.29, 1.82) is 0 Å². The van der Waals surface area contributed by atoms with Crippen LogP contribution in [0.25, 0.3) is 0 Å². The van der Waals surface area contributed by atoms with E-state index in [0.717, 1.165) is 27.0 Å². The van der Waals surface area contributed by atoms with Gasteiger partial charge in [0, 0.05) is 0 Å². The zero-order valence-corrected chi connectivity index (χ0v) is 24.8. The first kappa shape index (κ1) is 29.5. The summed E-state index contributed by atoms with van der Waals surface area (Å²) in [5.41, 5.74) is 4.43. The van der Waals surface area contributed by atoms with Crippen molar-refractivity contribution in [2.75, 3.05) is 20.0 Å². The van der Waals surface area contributed by atoms with Gasteiger partial charge >= 0.3 is 192 Å². The van der Waals surface area contributed by atoms with E-state index in [4.69, 9.17) is 18.6 Å². The molecule has 1 atom stereocenters. The average molecular weight is 533 g/mol. The molecule has 0 fully saturated rings. The molecule has 2 aromatic rings. The van der Waals surface area contributed by atoms with Crippen LogP contribution >= 0.6 is 0 Å². The van der Waals surface area contributed by atoms with Crippen molar-refractivity contribution >= 4 is 12.9 Å². The van der Waals surface area contributed by atoms with Gasteiger partial charge in [-0.15, -0.1) is 0 Å². The number of hydrogen-bond donors (Lipinski definition) is 0. The van der Waals surface area contributed by atoms with Gasteiger partial charge in [-0.05, 0) is 0 Å². The Bertz CT molecular complexity index is 1010. The van der Waals surface area contributed by atoms with Crippen LogP contribution in [-0.2, 0) is 36.7 Å². The topological polar surface area (TPSA) is 36.9 Å². The Balaban J connectivity index is 1.77. The van der Waals surface area contributed by atoms with Gasteiger partial charge in [-0.1, -0.05) is 30.3 Å². The van der Waals surface area contributed by atoms with E-state index in [1.54, 1.807) is 0 Å². The first-order valence-corrected chi connectivity index (χ1v) is 15.6. The minimum atomic E-state index is -1.89. The van der Waals surface area contributed by atoms with Crippen molar-refractivity contribution < 1.29 is 34.5 Å². The van der Waals surface area contributed by atoms with Crippen LogP contribution < -0.4 is 4.43 Å². The van der Waals surface area contributed by atoms with E-state index in [0.29, 0.717) is 19.8 Å². The van der Waals surface area contributed by atoms with Crippen LogP contribution in [0.2, 0.25) is 18.1 Å². The molecule has 1 unspecified atom stereocenters. The van der Waals surface area contributed by atoms with E-state index in [2.05, 4.69) is 99.7 Å². The molecule has 0 amide bonds. The standard InChI is InChI=1S/C29H40O4Si.Cr/c1-23(19-31-20-26-14-10-9-11-15-26)13-12-16-30-22-32-21-28-24(2)17-27(18-25(28)3)33-34(7,8)29(4,5)6;/h9-11,14-15,17-18,23H,16,19-20,22H2,1-8H3;. The van der Waals surface area contributed by atoms with E-state index in [-0.39, 0.29) is 17.7 Å². The number of benzene rings is 2. The third kappa shape index (κ3) is 9.70. The van der Waals surface area contributed by atoms with E-state index < -0.39 is 8.32 Å². The summed E-state index contributed by atoms with van der Waals surface area (Å²) in [5.74, 6) is 7.28.